The fraction of sp³-hybridized carbons (Fsp3) is 0.510. The lowest BCUT2D eigenvalue weighted by Gasteiger charge is -2.47. The molecule has 13 nitrogen and oxygen atoms in total. The maximum Gasteiger partial charge on any atom is 0.152 e. The van der Waals surface area contributed by atoms with Gasteiger partial charge in [0.25, 0.3) is 0 Å². The molecular weight excluding hydrogens is 1360 g/mol. The lowest BCUT2D eigenvalue weighted by molar-refractivity contribution is 0.0278. The Morgan fingerprint density at radius 1 is 0.450 bits per heavy atom. The first-order valence-electron chi connectivity index (χ1n) is 42.7. The van der Waals surface area contributed by atoms with Gasteiger partial charge >= 0.3 is 0 Å². The Balaban J connectivity index is 0.000000146. The predicted molar refractivity (Wildman–Crippen MR) is 468 cm³/mol. The van der Waals surface area contributed by atoms with Crippen LogP contribution in [0.5, 0.6) is 0 Å². The van der Waals surface area contributed by atoms with Crippen LogP contribution in [-0.4, -0.2) is 73.7 Å². The molecule has 0 spiro atoms. The summed E-state index contributed by atoms with van der Waals surface area (Å²) in [6.07, 6.45) is 22.6. The van der Waals surface area contributed by atoms with Crippen LogP contribution in [0.15, 0.2) is 146 Å². The monoisotopic (exact) mass is 1490 g/mol. The Bertz CT molecular complexity index is 5080. The Kier molecular flexibility index (Phi) is 25.4. The van der Waals surface area contributed by atoms with Crippen LogP contribution in [0.25, 0.3) is 65.8 Å². The number of para-hydroxylation sites is 3. The number of nitrogens with one attached hydrogen (secondary N) is 2. The molecule has 0 radical (unpaired) electrons. The topological polar surface area (TPSA) is 145 Å². The van der Waals surface area contributed by atoms with Crippen LogP contribution in [0.1, 0.15) is 256 Å². The fourth-order valence-electron chi connectivity index (χ4n) is 17.2. The molecule has 0 atom stereocenters. The zero-order chi connectivity index (χ0) is 78.2. The standard InChI is InChI=1S/2C33H44N4.C32H43N5/c1-6-7-13-29-36-30-28(20-32(2,3)4)35-27-12-9-8-11-26(27)31(30)37(29)22-25-16-14-24(15-17-25)21-34-23-33(5)18-10-19-33;1-6-7-12-30-36-31-29(19-33(3,4)5)35-28-11-9-8-10-27(28)32(31)37(30)22-25-15-13-24(14-16-25)20-34-21-26-17-23(2)18-26;1-6-7-13-27-35-28-29(25-11-8-9-12-26(25)34-30(28)33)37(27)21-24-16-14-23(15-17-24)20-36(31(2,3)4)22-32(5)18-10-19-32/h8-9,11-12,14-17,34H,6-7,10,13,18-23H2,1-5H3;8-11,13-16,23,26,34H,6-7,12,17-22H2,1-5H3;8-9,11-12,14-17H,6-7,10,13,18-22H2,1-5H3,(H2,33,34). The Morgan fingerprint density at radius 3 is 1.20 bits per heavy atom. The molecular formula is C98H131N13. The molecule has 111 heavy (non-hydrogen) atoms. The maximum atomic E-state index is 6.39. The second-order valence-electron chi connectivity index (χ2n) is 37.9. The number of nitrogens with zero attached hydrogens (tertiary/aromatic N) is 10. The smallest absolute Gasteiger partial charge is 0.152 e. The summed E-state index contributed by atoms with van der Waals surface area (Å²) in [6, 6.07) is 53.0. The molecule has 0 amide bonds. The number of pyridine rings is 3. The summed E-state index contributed by atoms with van der Waals surface area (Å²) in [5, 5.41) is 10.9. The maximum absolute atomic E-state index is 6.39. The third-order valence-electron chi connectivity index (χ3n) is 24.0. The minimum absolute atomic E-state index is 0.148. The predicted octanol–water partition coefficient (Wildman–Crippen LogP) is 22.9. The number of anilines is 1. The molecule has 15 rings (SSSR count). The Morgan fingerprint density at radius 2 is 0.820 bits per heavy atom. The summed E-state index contributed by atoms with van der Waals surface area (Å²) in [6.45, 7) is 43.5. The summed E-state index contributed by atoms with van der Waals surface area (Å²) >= 11 is 0. The van der Waals surface area contributed by atoms with Crippen LogP contribution in [0.2, 0.25) is 0 Å². The van der Waals surface area contributed by atoms with Crippen molar-refractivity contribution in [3.63, 3.8) is 0 Å². The van der Waals surface area contributed by atoms with E-state index in [1.165, 1.54) is 131 Å². The first-order chi connectivity index (χ1) is 53.2. The second-order valence-corrected chi connectivity index (χ2v) is 37.9. The number of aromatic nitrogens is 9. The number of hydrogen-bond acceptors (Lipinski definition) is 10. The van der Waals surface area contributed by atoms with Crippen LogP contribution >= 0.6 is 0 Å². The van der Waals surface area contributed by atoms with Gasteiger partial charge in [-0.3, -0.25) is 14.9 Å². The number of rotatable bonds is 29. The average molecular weight is 1490 g/mol. The highest BCUT2D eigenvalue weighted by molar-refractivity contribution is 6.07. The van der Waals surface area contributed by atoms with E-state index in [0.717, 1.165) is 190 Å². The summed E-state index contributed by atoms with van der Waals surface area (Å²) in [5.41, 5.74) is 27.8. The van der Waals surface area contributed by atoms with Gasteiger partial charge in [0.1, 0.15) is 34.0 Å². The van der Waals surface area contributed by atoms with Crippen molar-refractivity contribution < 1.29 is 0 Å². The van der Waals surface area contributed by atoms with E-state index in [1.54, 1.807) is 0 Å². The second kappa shape index (κ2) is 34.9. The lowest BCUT2D eigenvalue weighted by Crippen LogP contribution is -2.48. The van der Waals surface area contributed by atoms with E-state index in [9.17, 15) is 0 Å². The quantitative estimate of drug-likeness (QED) is 0.0414. The van der Waals surface area contributed by atoms with Crippen LogP contribution in [0.4, 0.5) is 5.82 Å². The molecule has 3 saturated carbocycles. The average Bonchev–Trinajstić information content (AvgIpc) is 1.62. The number of hydrogen-bond donors (Lipinski definition) is 3. The molecule has 588 valence electrons. The number of unbranched alkanes of at least 4 members (excludes halogenated alkanes) is 3. The van der Waals surface area contributed by atoms with E-state index in [1.807, 2.05) is 12.1 Å². The van der Waals surface area contributed by atoms with E-state index in [2.05, 4.69) is 272 Å². The first kappa shape index (κ1) is 80.7. The molecule has 3 fully saturated rings. The molecule has 3 aliphatic carbocycles. The SMILES string of the molecule is CCCCc1nc2c(CC(C)(C)C)nc3ccccc3c2n1Cc1ccc(CNCC2(C)CCC2)cc1.CCCCc1nc2c(CC(C)(C)C)nc3ccccc3c2n1Cc1ccc(CNCC2CC(C)C2)cc1.CCCCc1nc2c(N)nc3ccccc3c2n1Cc1ccc(CN(CC2(C)CCC2)C(C)(C)C)cc1. The zero-order valence-corrected chi connectivity index (χ0v) is 70.4. The molecule has 12 aromatic rings. The third kappa shape index (κ3) is 20.0. The third-order valence-corrected chi connectivity index (χ3v) is 24.0. The van der Waals surface area contributed by atoms with Gasteiger partial charge in [0, 0.05) is 93.3 Å². The number of aryl methyl sites for hydroxylation is 3. The van der Waals surface area contributed by atoms with Crippen molar-refractivity contribution in [1.29, 1.82) is 0 Å². The summed E-state index contributed by atoms with van der Waals surface area (Å²) < 4.78 is 7.33. The van der Waals surface area contributed by atoms with Crippen molar-refractivity contribution in [2.75, 3.05) is 25.4 Å². The lowest BCUT2D eigenvalue weighted by atomic mass is 9.69. The van der Waals surface area contributed by atoms with Gasteiger partial charge in [0.2, 0.25) is 0 Å². The largest absolute Gasteiger partial charge is 0.382 e. The minimum atomic E-state index is 0.148. The molecule has 6 aromatic heterocycles. The highest BCUT2D eigenvalue weighted by Gasteiger charge is 2.37. The normalized spacial score (nSPS) is 16.3. The van der Waals surface area contributed by atoms with E-state index in [-0.39, 0.29) is 16.4 Å². The van der Waals surface area contributed by atoms with Crippen LogP contribution in [-0.2, 0) is 71.4 Å². The Hall–Kier alpha value is -8.36. The highest BCUT2D eigenvalue weighted by Crippen LogP contribution is 2.44. The van der Waals surface area contributed by atoms with Gasteiger partial charge in [0.05, 0.1) is 44.5 Å². The Labute approximate surface area is 664 Å². The van der Waals surface area contributed by atoms with E-state index in [0.29, 0.717) is 16.6 Å². The number of fused-ring (bicyclic) bond motifs is 9. The number of benzene rings is 6. The van der Waals surface area contributed by atoms with Crippen molar-refractivity contribution in [2.24, 2.45) is 33.5 Å². The van der Waals surface area contributed by atoms with Crippen molar-refractivity contribution in [3.8, 4) is 0 Å². The number of imidazole rings is 3. The van der Waals surface area contributed by atoms with Gasteiger partial charge in [-0.1, -0.05) is 243 Å². The van der Waals surface area contributed by atoms with Crippen LogP contribution in [0.3, 0.4) is 0 Å². The molecule has 13 heteroatoms. The fourth-order valence-corrected chi connectivity index (χ4v) is 17.2. The molecule has 0 bridgehead atoms. The van der Waals surface area contributed by atoms with Crippen LogP contribution < -0.4 is 16.4 Å². The number of nitrogens with two attached hydrogens (primary N) is 1. The number of nitrogen functional groups attached to an aromatic ring is 1. The zero-order valence-electron chi connectivity index (χ0n) is 70.4. The van der Waals surface area contributed by atoms with Crippen molar-refractivity contribution in [3.05, 3.63) is 208 Å². The van der Waals surface area contributed by atoms with Gasteiger partial charge < -0.3 is 30.1 Å². The van der Waals surface area contributed by atoms with E-state index >= 15 is 0 Å². The molecule has 6 aromatic carbocycles. The highest BCUT2D eigenvalue weighted by atomic mass is 15.2. The van der Waals surface area contributed by atoms with Gasteiger partial charge in [0.15, 0.2) is 5.82 Å². The van der Waals surface area contributed by atoms with Gasteiger partial charge in [-0.25, -0.2) is 19.9 Å². The first-order valence-corrected chi connectivity index (χ1v) is 42.7. The molecule has 6 heterocycles. The molecule has 3 aliphatic rings. The van der Waals surface area contributed by atoms with Crippen molar-refractivity contribution in [1.82, 2.24) is 59.1 Å². The molecule has 0 unspecified atom stereocenters. The molecule has 4 N–H and O–H groups in total. The minimum Gasteiger partial charge on any atom is -0.382 e. The van der Waals surface area contributed by atoms with Crippen molar-refractivity contribution in [2.45, 2.75) is 271 Å². The van der Waals surface area contributed by atoms with Gasteiger partial charge in [-0.2, -0.15) is 0 Å². The summed E-state index contributed by atoms with van der Waals surface area (Å²) in [7, 11) is 0. The molecule has 0 saturated heterocycles. The van der Waals surface area contributed by atoms with Crippen LogP contribution in [0, 0.1) is 33.5 Å². The molecule has 0 aliphatic heterocycles. The summed E-state index contributed by atoms with van der Waals surface area (Å²) in [4.78, 5) is 33.1. The van der Waals surface area contributed by atoms with E-state index < -0.39 is 0 Å². The van der Waals surface area contributed by atoms with Gasteiger partial charge in [-0.15, -0.1) is 0 Å². The van der Waals surface area contributed by atoms with Gasteiger partial charge in [-0.05, 0) is 183 Å². The van der Waals surface area contributed by atoms with E-state index in [4.69, 9.17) is 30.7 Å². The summed E-state index contributed by atoms with van der Waals surface area (Å²) in [5.74, 6) is 5.78. The van der Waals surface area contributed by atoms with Crippen molar-refractivity contribution >= 4 is 71.6 Å².